The second-order valence-electron chi connectivity index (χ2n) is 3.58. The van der Waals surface area contributed by atoms with Crippen LogP contribution in [-0.4, -0.2) is 4.98 Å². The summed E-state index contributed by atoms with van der Waals surface area (Å²) in [6.45, 7) is 4.32. The number of pyridine rings is 1. The molecule has 3 heteroatoms. The Labute approximate surface area is 94.0 Å². The summed E-state index contributed by atoms with van der Waals surface area (Å²) in [6, 6.07) is 6.47. The minimum Gasteiger partial charge on any atom is -0.376 e. The summed E-state index contributed by atoms with van der Waals surface area (Å²) in [4.78, 5) is 5.47. The van der Waals surface area contributed by atoms with Crippen LogP contribution >= 0.6 is 11.3 Å². The third-order valence-corrected chi connectivity index (χ3v) is 3.54. The molecule has 0 bridgehead atoms. The Morgan fingerprint density at radius 3 is 2.87 bits per heavy atom. The van der Waals surface area contributed by atoms with E-state index in [-0.39, 0.29) is 0 Å². The zero-order valence-electron chi connectivity index (χ0n) is 8.90. The van der Waals surface area contributed by atoms with Crippen molar-refractivity contribution >= 4 is 17.0 Å². The zero-order valence-corrected chi connectivity index (χ0v) is 9.71. The van der Waals surface area contributed by atoms with E-state index in [1.807, 2.05) is 18.3 Å². The first-order valence-electron chi connectivity index (χ1n) is 4.98. The number of rotatable bonds is 3. The van der Waals surface area contributed by atoms with Crippen LogP contribution in [0.3, 0.4) is 0 Å². The number of anilines is 1. The molecule has 2 nitrogen and oxygen atoms in total. The minimum atomic E-state index is 0.342. The summed E-state index contributed by atoms with van der Waals surface area (Å²) in [7, 11) is 0. The van der Waals surface area contributed by atoms with Gasteiger partial charge in [-0.2, -0.15) is 0 Å². The molecular weight excluding hydrogens is 204 g/mol. The van der Waals surface area contributed by atoms with Crippen molar-refractivity contribution in [3.8, 4) is 0 Å². The van der Waals surface area contributed by atoms with Gasteiger partial charge in [0.25, 0.3) is 0 Å². The van der Waals surface area contributed by atoms with Crippen LogP contribution in [0.15, 0.2) is 36.0 Å². The smallest absolute Gasteiger partial charge is 0.0581 e. The number of aromatic nitrogens is 1. The number of hydrogen-bond acceptors (Lipinski definition) is 3. The Kier molecular flexibility index (Phi) is 3.02. The van der Waals surface area contributed by atoms with Gasteiger partial charge in [0.15, 0.2) is 0 Å². The van der Waals surface area contributed by atoms with Crippen LogP contribution in [0.25, 0.3) is 0 Å². The molecule has 0 saturated heterocycles. The van der Waals surface area contributed by atoms with E-state index in [2.05, 4.69) is 35.6 Å². The molecule has 78 valence electrons. The van der Waals surface area contributed by atoms with Crippen molar-refractivity contribution in [1.29, 1.82) is 0 Å². The van der Waals surface area contributed by atoms with Crippen LogP contribution in [0.5, 0.6) is 0 Å². The van der Waals surface area contributed by atoms with Gasteiger partial charge >= 0.3 is 0 Å². The molecule has 0 spiro atoms. The molecule has 15 heavy (non-hydrogen) atoms. The lowest BCUT2D eigenvalue weighted by molar-refractivity contribution is 0.897. The third-order valence-electron chi connectivity index (χ3n) is 2.34. The van der Waals surface area contributed by atoms with E-state index in [4.69, 9.17) is 0 Å². The maximum Gasteiger partial charge on any atom is 0.0581 e. The summed E-state index contributed by atoms with van der Waals surface area (Å²) in [5, 5.41) is 5.56. The predicted molar refractivity (Wildman–Crippen MR) is 65.3 cm³/mol. The standard InChI is InChI=1S/C12H14N2S/c1-9-5-7-15-12(9)10(2)14-11-4-3-6-13-8-11/h3-8,10,14H,1-2H3. The van der Waals surface area contributed by atoms with Gasteiger partial charge in [-0.25, -0.2) is 0 Å². The normalized spacial score (nSPS) is 12.4. The van der Waals surface area contributed by atoms with Crippen LogP contribution < -0.4 is 5.32 Å². The molecular formula is C12H14N2S. The maximum atomic E-state index is 4.08. The van der Waals surface area contributed by atoms with Gasteiger partial charge in [-0.1, -0.05) is 0 Å². The SMILES string of the molecule is Cc1ccsc1C(C)Nc1cccnc1. The van der Waals surface area contributed by atoms with Crippen molar-refractivity contribution in [2.45, 2.75) is 19.9 Å². The summed E-state index contributed by atoms with van der Waals surface area (Å²) in [5.74, 6) is 0. The van der Waals surface area contributed by atoms with E-state index in [0.717, 1.165) is 5.69 Å². The first-order chi connectivity index (χ1) is 7.27. The first kappa shape index (κ1) is 10.2. The van der Waals surface area contributed by atoms with Gasteiger partial charge in [0.2, 0.25) is 0 Å². The molecule has 2 aromatic heterocycles. The number of aryl methyl sites for hydroxylation is 1. The van der Waals surface area contributed by atoms with Gasteiger partial charge in [0, 0.05) is 17.3 Å². The Morgan fingerprint density at radius 2 is 2.27 bits per heavy atom. The van der Waals surface area contributed by atoms with E-state index in [1.54, 1.807) is 17.5 Å². The largest absolute Gasteiger partial charge is 0.376 e. The molecule has 0 radical (unpaired) electrons. The molecule has 1 atom stereocenters. The lowest BCUT2D eigenvalue weighted by Crippen LogP contribution is -2.05. The summed E-state index contributed by atoms with van der Waals surface area (Å²) >= 11 is 1.79. The highest BCUT2D eigenvalue weighted by Gasteiger charge is 2.08. The highest BCUT2D eigenvalue weighted by Crippen LogP contribution is 2.26. The van der Waals surface area contributed by atoms with Crippen LogP contribution in [0, 0.1) is 6.92 Å². The van der Waals surface area contributed by atoms with Crippen molar-refractivity contribution in [2.75, 3.05) is 5.32 Å². The zero-order chi connectivity index (χ0) is 10.7. The van der Waals surface area contributed by atoms with E-state index in [1.165, 1.54) is 10.4 Å². The van der Waals surface area contributed by atoms with Crippen LogP contribution in [0.1, 0.15) is 23.4 Å². The van der Waals surface area contributed by atoms with Gasteiger partial charge in [0.05, 0.1) is 11.7 Å². The van der Waals surface area contributed by atoms with Crippen molar-refractivity contribution < 1.29 is 0 Å². The average molecular weight is 218 g/mol. The van der Waals surface area contributed by atoms with Gasteiger partial charge in [0.1, 0.15) is 0 Å². The Bertz CT molecular complexity index is 422. The van der Waals surface area contributed by atoms with E-state index in [9.17, 15) is 0 Å². The molecule has 2 rings (SSSR count). The lowest BCUT2D eigenvalue weighted by atomic mass is 10.2. The number of nitrogens with zero attached hydrogens (tertiary/aromatic N) is 1. The first-order valence-corrected chi connectivity index (χ1v) is 5.86. The number of nitrogens with one attached hydrogen (secondary N) is 1. The molecule has 0 aliphatic rings. The molecule has 0 aliphatic heterocycles. The fourth-order valence-electron chi connectivity index (χ4n) is 1.59. The summed E-state index contributed by atoms with van der Waals surface area (Å²) in [6.07, 6.45) is 3.63. The second kappa shape index (κ2) is 4.45. The quantitative estimate of drug-likeness (QED) is 0.851. The topological polar surface area (TPSA) is 24.9 Å². The molecule has 0 aromatic carbocycles. The summed E-state index contributed by atoms with van der Waals surface area (Å²) < 4.78 is 0. The fraction of sp³-hybridized carbons (Fsp3) is 0.250. The number of hydrogen-bond donors (Lipinski definition) is 1. The highest BCUT2D eigenvalue weighted by molar-refractivity contribution is 7.10. The van der Waals surface area contributed by atoms with E-state index >= 15 is 0 Å². The molecule has 2 heterocycles. The van der Waals surface area contributed by atoms with Gasteiger partial charge in [-0.3, -0.25) is 4.98 Å². The van der Waals surface area contributed by atoms with Crippen molar-refractivity contribution in [2.24, 2.45) is 0 Å². The molecule has 0 fully saturated rings. The van der Waals surface area contributed by atoms with Crippen LogP contribution in [0.2, 0.25) is 0 Å². The third kappa shape index (κ3) is 2.36. The average Bonchev–Trinajstić information content (AvgIpc) is 2.66. The Hall–Kier alpha value is -1.35. The molecule has 1 N–H and O–H groups in total. The summed E-state index contributed by atoms with van der Waals surface area (Å²) in [5.41, 5.74) is 2.42. The molecule has 0 amide bonds. The van der Waals surface area contributed by atoms with Gasteiger partial charge in [-0.05, 0) is 43.0 Å². The fourth-order valence-corrected chi connectivity index (χ4v) is 2.53. The molecule has 0 saturated carbocycles. The second-order valence-corrected chi connectivity index (χ2v) is 4.52. The molecule has 2 aromatic rings. The van der Waals surface area contributed by atoms with Crippen molar-refractivity contribution in [3.05, 3.63) is 46.4 Å². The van der Waals surface area contributed by atoms with Crippen LogP contribution in [0.4, 0.5) is 5.69 Å². The van der Waals surface area contributed by atoms with Crippen molar-refractivity contribution in [3.63, 3.8) is 0 Å². The van der Waals surface area contributed by atoms with Gasteiger partial charge in [-0.15, -0.1) is 11.3 Å². The highest BCUT2D eigenvalue weighted by atomic mass is 32.1. The predicted octanol–water partition coefficient (Wildman–Crippen LogP) is 3.62. The van der Waals surface area contributed by atoms with Gasteiger partial charge < -0.3 is 5.32 Å². The maximum absolute atomic E-state index is 4.08. The van der Waals surface area contributed by atoms with E-state index in [0.29, 0.717) is 6.04 Å². The minimum absolute atomic E-state index is 0.342. The Balaban J connectivity index is 2.11. The number of thiophene rings is 1. The molecule has 1 unspecified atom stereocenters. The molecule has 0 aliphatic carbocycles. The van der Waals surface area contributed by atoms with Crippen LogP contribution in [-0.2, 0) is 0 Å². The Morgan fingerprint density at radius 1 is 1.40 bits per heavy atom. The van der Waals surface area contributed by atoms with Crippen molar-refractivity contribution in [1.82, 2.24) is 4.98 Å². The lowest BCUT2D eigenvalue weighted by Gasteiger charge is -2.14. The monoisotopic (exact) mass is 218 g/mol. The van der Waals surface area contributed by atoms with E-state index < -0.39 is 0 Å².